The number of rotatable bonds is 2. The van der Waals surface area contributed by atoms with E-state index in [4.69, 9.17) is 22.1 Å². The van der Waals surface area contributed by atoms with Gasteiger partial charge in [-0.15, -0.1) is 0 Å². The van der Waals surface area contributed by atoms with E-state index in [1.165, 1.54) is 43.2 Å². The number of fused-ring (bicyclic) bond motifs is 1. The normalized spacial score (nSPS) is 23.2. The topological polar surface area (TPSA) is 35.2 Å². The standard InChI is InChI=1S/C17H24ClNO/c1-16(2)10-12-8-13(9-14(18)15(12)20-16)17(11-19)6-4-3-5-7-17/h8-9H,3-7,10-11,19H2,1-2H3. The van der Waals surface area contributed by atoms with Crippen LogP contribution in [0.15, 0.2) is 12.1 Å². The smallest absolute Gasteiger partial charge is 0.142 e. The summed E-state index contributed by atoms with van der Waals surface area (Å²) in [7, 11) is 0. The molecule has 2 nitrogen and oxygen atoms in total. The minimum Gasteiger partial charge on any atom is -0.486 e. The summed E-state index contributed by atoms with van der Waals surface area (Å²) in [6, 6.07) is 4.40. The van der Waals surface area contributed by atoms with Crippen LogP contribution in [-0.2, 0) is 11.8 Å². The lowest BCUT2D eigenvalue weighted by atomic mass is 9.69. The minimum absolute atomic E-state index is 0.129. The summed E-state index contributed by atoms with van der Waals surface area (Å²) in [4.78, 5) is 0. The number of hydrogen-bond donors (Lipinski definition) is 1. The molecule has 0 saturated heterocycles. The van der Waals surface area contributed by atoms with Gasteiger partial charge in [-0.25, -0.2) is 0 Å². The van der Waals surface area contributed by atoms with Gasteiger partial charge in [0, 0.05) is 18.4 Å². The first kappa shape index (κ1) is 14.2. The third-order valence-electron chi connectivity index (χ3n) is 4.93. The lowest BCUT2D eigenvalue weighted by molar-refractivity contribution is 0.138. The van der Waals surface area contributed by atoms with E-state index in [-0.39, 0.29) is 11.0 Å². The SMILES string of the molecule is CC1(C)Cc2cc(C3(CN)CCCCC3)cc(Cl)c2O1. The molecular formula is C17H24ClNO. The molecule has 1 fully saturated rings. The van der Waals surface area contributed by atoms with Crippen LogP contribution in [-0.4, -0.2) is 12.1 Å². The highest BCUT2D eigenvalue weighted by Gasteiger charge is 2.37. The van der Waals surface area contributed by atoms with Gasteiger partial charge in [-0.05, 0) is 43.9 Å². The van der Waals surface area contributed by atoms with Gasteiger partial charge in [0.1, 0.15) is 11.4 Å². The fraction of sp³-hybridized carbons (Fsp3) is 0.647. The van der Waals surface area contributed by atoms with E-state index in [1.807, 2.05) is 0 Å². The van der Waals surface area contributed by atoms with Gasteiger partial charge in [-0.1, -0.05) is 36.9 Å². The second-order valence-electron chi connectivity index (χ2n) is 7.03. The molecule has 20 heavy (non-hydrogen) atoms. The first-order valence-electron chi connectivity index (χ1n) is 7.68. The monoisotopic (exact) mass is 293 g/mol. The highest BCUT2D eigenvalue weighted by molar-refractivity contribution is 6.32. The first-order valence-corrected chi connectivity index (χ1v) is 8.06. The summed E-state index contributed by atoms with van der Waals surface area (Å²) in [5.41, 5.74) is 8.70. The van der Waals surface area contributed by atoms with Gasteiger partial charge in [-0.3, -0.25) is 0 Å². The van der Waals surface area contributed by atoms with Crippen LogP contribution in [0, 0.1) is 0 Å². The van der Waals surface area contributed by atoms with E-state index in [9.17, 15) is 0 Å². The van der Waals surface area contributed by atoms with Crippen LogP contribution in [0.25, 0.3) is 0 Å². The molecule has 1 aliphatic heterocycles. The summed E-state index contributed by atoms with van der Waals surface area (Å²) in [5, 5.41) is 0.751. The van der Waals surface area contributed by atoms with Gasteiger partial charge < -0.3 is 10.5 Å². The Labute approximate surface area is 126 Å². The molecule has 110 valence electrons. The maximum atomic E-state index is 6.47. The zero-order valence-corrected chi connectivity index (χ0v) is 13.2. The van der Waals surface area contributed by atoms with Crippen molar-refractivity contribution >= 4 is 11.6 Å². The first-order chi connectivity index (χ1) is 9.46. The lowest BCUT2D eigenvalue weighted by Crippen LogP contribution is -2.37. The van der Waals surface area contributed by atoms with Crippen LogP contribution in [0.3, 0.4) is 0 Å². The minimum atomic E-state index is -0.146. The maximum absolute atomic E-state index is 6.47. The highest BCUT2D eigenvalue weighted by atomic mass is 35.5. The molecule has 1 aromatic rings. The molecule has 2 aliphatic rings. The molecule has 3 heteroatoms. The second kappa shape index (κ2) is 4.92. The van der Waals surface area contributed by atoms with Gasteiger partial charge in [0.2, 0.25) is 0 Å². The third kappa shape index (κ3) is 2.33. The highest BCUT2D eigenvalue weighted by Crippen LogP contribution is 2.46. The predicted molar refractivity (Wildman–Crippen MR) is 83.7 cm³/mol. The van der Waals surface area contributed by atoms with Crippen LogP contribution in [0.5, 0.6) is 5.75 Å². The Kier molecular flexibility index (Phi) is 3.50. The van der Waals surface area contributed by atoms with Crippen molar-refractivity contribution in [2.45, 2.75) is 63.4 Å². The Hall–Kier alpha value is -0.730. The van der Waals surface area contributed by atoms with Crippen molar-refractivity contribution in [3.8, 4) is 5.75 Å². The van der Waals surface area contributed by atoms with E-state index in [0.717, 1.165) is 17.2 Å². The Morgan fingerprint density at radius 2 is 1.90 bits per heavy atom. The van der Waals surface area contributed by atoms with Gasteiger partial charge >= 0.3 is 0 Å². The average Bonchev–Trinajstić information content (AvgIpc) is 2.74. The molecule has 0 amide bonds. The van der Waals surface area contributed by atoms with E-state index < -0.39 is 0 Å². The van der Waals surface area contributed by atoms with Crippen molar-refractivity contribution in [3.63, 3.8) is 0 Å². The number of hydrogen-bond acceptors (Lipinski definition) is 2. The summed E-state index contributed by atoms with van der Waals surface area (Å²) in [6.07, 6.45) is 7.17. The van der Waals surface area contributed by atoms with E-state index in [0.29, 0.717) is 6.54 Å². The number of halogens is 1. The molecule has 1 heterocycles. The summed E-state index contributed by atoms with van der Waals surface area (Å²) in [5.74, 6) is 0.878. The van der Waals surface area contributed by atoms with Crippen molar-refractivity contribution in [2.75, 3.05) is 6.54 Å². The van der Waals surface area contributed by atoms with E-state index in [1.54, 1.807) is 0 Å². The molecule has 0 atom stereocenters. The molecule has 1 aliphatic carbocycles. The summed E-state index contributed by atoms with van der Waals surface area (Å²) < 4.78 is 5.97. The van der Waals surface area contributed by atoms with Crippen LogP contribution < -0.4 is 10.5 Å². The molecule has 0 spiro atoms. The fourth-order valence-electron chi connectivity index (χ4n) is 3.81. The number of ether oxygens (including phenoxy) is 1. The van der Waals surface area contributed by atoms with E-state index in [2.05, 4.69) is 26.0 Å². The molecular weight excluding hydrogens is 270 g/mol. The quantitative estimate of drug-likeness (QED) is 0.886. The molecule has 2 N–H and O–H groups in total. The van der Waals surface area contributed by atoms with Crippen LogP contribution in [0.1, 0.15) is 57.1 Å². The van der Waals surface area contributed by atoms with Crippen molar-refractivity contribution in [3.05, 3.63) is 28.3 Å². The van der Waals surface area contributed by atoms with Gasteiger partial charge in [-0.2, -0.15) is 0 Å². The maximum Gasteiger partial charge on any atom is 0.142 e. The van der Waals surface area contributed by atoms with Gasteiger partial charge in [0.25, 0.3) is 0 Å². The van der Waals surface area contributed by atoms with Gasteiger partial charge in [0.15, 0.2) is 0 Å². The van der Waals surface area contributed by atoms with Gasteiger partial charge in [0.05, 0.1) is 5.02 Å². The summed E-state index contributed by atoms with van der Waals surface area (Å²) >= 11 is 6.47. The van der Waals surface area contributed by atoms with Crippen molar-refractivity contribution in [1.82, 2.24) is 0 Å². The van der Waals surface area contributed by atoms with Crippen molar-refractivity contribution < 1.29 is 4.74 Å². The van der Waals surface area contributed by atoms with Crippen molar-refractivity contribution in [2.24, 2.45) is 5.73 Å². The Balaban J connectivity index is 2.02. The number of benzene rings is 1. The second-order valence-corrected chi connectivity index (χ2v) is 7.44. The van der Waals surface area contributed by atoms with Crippen LogP contribution in [0.4, 0.5) is 0 Å². The van der Waals surface area contributed by atoms with Crippen LogP contribution >= 0.6 is 11.6 Å². The molecule has 1 aromatic carbocycles. The average molecular weight is 294 g/mol. The zero-order valence-electron chi connectivity index (χ0n) is 12.5. The van der Waals surface area contributed by atoms with Crippen LogP contribution in [0.2, 0.25) is 5.02 Å². The van der Waals surface area contributed by atoms with Crippen molar-refractivity contribution in [1.29, 1.82) is 0 Å². The number of nitrogens with two attached hydrogens (primary N) is 1. The Morgan fingerprint density at radius 1 is 1.20 bits per heavy atom. The van der Waals surface area contributed by atoms with E-state index >= 15 is 0 Å². The molecule has 0 unspecified atom stereocenters. The third-order valence-corrected chi connectivity index (χ3v) is 5.21. The molecule has 3 rings (SSSR count). The molecule has 0 radical (unpaired) electrons. The summed E-state index contributed by atoms with van der Waals surface area (Å²) in [6.45, 7) is 4.94. The molecule has 1 saturated carbocycles. The Bertz CT molecular complexity index is 518. The predicted octanol–water partition coefficient (Wildman–Crippen LogP) is 4.21. The molecule has 0 bridgehead atoms. The lowest BCUT2D eigenvalue weighted by Gasteiger charge is -2.37. The fourth-order valence-corrected chi connectivity index (χ4v) is 4.09. The molecule has 0 aromatic heterocycles. The zero-order chi connectivity index (χ0) is 14.4. The largest absolute Gasteiger partial charge is 0.486 e. The Morgan fingerprint density at radius 3 is 2.55 bits per heavy atom.